The van der Waals surface area contributed by atoms with Gasteiger partial charge in [0.15, 0.2) is 5.60 Å². The number of carbonyl (C=O) groups excluding carboxylic acids is 1. The van der Waals surface area contributed by atoms with Crippen molar-refractivity contribution in [3.63, 3.8) is 0 Å². The van der Waals surface area contributed by atoms with Crippen molar-refractivity contribution in [3.8, 4) is 12.3 Å². The first-order chi connectivity index (χ1) is 7.12. The van der Waals surface area contributed by atoms with Crippen LogP contribution in [0.5, 0.6) is 0 Å². The first-order valence-electron chi connectivity index (χ1n) is 4.45. The van der Waals surface area contributed by atoms with Gasteiger partial charge in [-0.15, -0.1) is 6.42 Å². The van der Waals surface area contributed by atoms with Gasteiger partial charge in [-0.1, -0.05) is 36.3 Å². The predicted octanol–water partition coefficient (Wildman–Crippen LogP) is 1.07. The van der Waals surface area contributed by atoms with Crippen LogP contribution in [-0.2, 0) is 15.1 Å². The molecule has 1 aromatic rings. The molecule has 3 nitrogen and oxygen atoms in total. The number of rotatable bonds is 3. The Morgan fingerprint density at radius 1 is 1.53 bits per heavy atom. The Bertz CT molecular complexity index is 378. The van der Waals surface area contributed by atoms with E-state index in [1.807, 2.05) is 0 Å². The van der Waals surface area contributed by atoms with E-state index in [1.165, 1.54) is 7.11 Å². The molecule has 0 aromatic heterocycles. The maximum Gasteiger partial charge on any atom is 0.309 e. The second-order valence-electron chi connectivity index (χ2n) is 3.12. The minimum atomic E-state index is -1.59. The highest BCUT2D eigenvalue weighted by Gasteiger charge is 2.30. The molecule has 0 aliphatic heterocycles. The molecule has 0 bridgehead atoms. The lowest BCUT2D eigenvalue weighted by molar-refractivity contribution is -0.144. The normalized spacial score (nSPS) is 13.7. The summed E-state index contributed by atoms with van der Waals surface area (Å²) < 4.78 is 4.47. The number of methoxy groups -OCH3 is 1. The van der Waals surface area contributed by atoms with Crippen molar-refractivity contribution in [3.05, 3.63) is 35.9 Å². The van der Waals surface area contributed by atoms with Crippen LogP contribution >= 0.6 is 0 Å². The maximum atomic E-state index is 11.1. The Hall–Kier alpha value is -1.79. The van der Waals surface area contributed by atoms with Crippen LogP contribution in [0.25, 0.3) is 0 Å². The molecule has 0 heterocycles. The number of terminal acetylenes is 1. The van der Waals surface area contributed by atoms with Crippen molar-refractivity contribution in [2.75, 3.05) is 7.11 Å². The number of benzene rings is 1. The number of ether oxygens (including phenoxy) is 1. The molecule has 0 spiro atoms. The number of hydrogen-bond donors (Lipinski definition) is 1. The first kappa shape index (κ1) is 11.3. The third-order valence-electron chi connectivity index (χ3n) is 2.12. The highest BCUT2D eigenvalue weighted by atomic mass is 16.5. The Morgan fingerprint density at radius 3 is 2.60 bits per heavy atom. The number of carbonyl (C=O) groups is 1. The van der Waals surface area contributed by atoms with E-state index in [9.17, 15) is 9.90 Å². The van der Waals surface area contributed by atoms with Gasteiger partial charge < -0.3 is 9.84 Å². The predicted molar refractivity (Wildman–Crippen MR) is 55.8 cm³/mol. The average molecular weight is 204 g/mol. The number of esters is 1. The molecule has 0 amide bonds. The summed E-state index contributed by atoms with van der Waals surface area (Å²) in [7, 11) is 1.25. The molecule has 0 saturated carbocycles. The fraction of sp³-hybridized carbons (Fsp3) is 0.250. The van der Waals surface area contributed by atoms with Gasteiger partial charge in [0.25, 0.3) is 0 Å². The van der Waals surface area contributed by atoms with Crippen LogP contribution in [0.3, 0.4) is 0 Å². The van der Waals surface area contributed by atoms with Crippen LogP contribution in [0.15, 0.2) is 30.3 Å². The smallest absolute Gasteiger partial charge is 0.309 e. The van der Waals surface area contributed by atoms with Crippen molar-refractivity contribution in [2.45, 2.75) is 12.0 Å². The van der Waals surface area contributed by atoms with Crippen molar-refractivity contribution in [1.29, 1.82) is 0 Å². The molecule has 3 heteroatoms. The summed E-state index contributed by atoms with van der Waals surface area (Å²) >= 11 is 0. The van der Waals surface area contributed by atoms with Gasteiger partial charge in [-0.2, -0.15) is 0 Å². The van der Waals surface area contributed by atoms with Crippen molar-refractivity contribution in [1.82, 2.24) is 0 Å². The molecule has 1 aromatic carbocycles. The van der Waals surface area contributed by atoms with E-state index in [4.69, 9.17) is 6.42 Å². The first-order valence-corrected chi connectivity index (χ1v) is 4.45. The molecule has 0 aliphatic carbocycles. The van der Waals surface area contributed by atoms with Gasteiger partial charge in [0.1, 0.15) is 0 Å². The molecule has 0 aliphatic rings. The molecule has 78 valence electrons. The van der Waals surface area contributed by atoms with Gasteiger partial charge in [0.05, 0.1) is 13.5 Å². The molecule has 1 atom stereocenters. The Kier molecular flexibility index (Phi) is 3.48. The Balaban J connectivity index is 2.97. The van der Waals surface area contributed by atoms with E-state index in [0.717, 1.165) is 0 Å². The zero-order valence-corrected chi connectivity index (χ0v) is 8.43. The lowest BCUT2D eigenvalue weighted by atomic mass is 9.91. The van der Waals surface area contributed by atoms with Gasteiger partial charge >= 0.3 is 5.97 Å². The van der Waals surface area contributed by atoms with Crippen molar-refractivity contribution >= 4 is 5.97 Å². The van der Waals surface area contributed by atoms with Gasteiger partial charge in [-0.3, -0.25) is 4.79 Å². The van der Waals surface area contributed by atoms with Crippen LogP contribution < -0.4 is 0 Å². The fourth-order valence-electron chi connectivity index (χ4n) is 1.23. The summed E-state index contributed by atoms with van der Waals surface area (Å²) in [5, 5.41) is 10.1. The summed E-state index contributed by atoms with van der Waals surface area (Å²) in [5.41, 5.74) is -1.08. The Morgan fingerprint density at radius 2 is 2.13 bits per heavy atom. The fourth-order valence-corrected chi connectivity index (χ4v) is 1.23. The lowest BCUT2D eigenvalue weighted by Gasteiger charge is -2.20. The topological polar surface area (TPSA) is 46.5 Å². The molecule has 0 saturated heterocycles. The molecular formula is C12H12O3. The average Bonchev–Trinajstić information content (AvgIpc) is 2.30. The van der Waals surface area contributed by atoms with Crippen LogP contribution in [0.4, 0.5) is 0 Å². The van der Waals surface area contributed by atoms with Gasteiger partial charge in [-0.05, 0) is 5.56 Å². The van der Waals surface area contributed by atoms with Crippen molar-refractivity contribution < 1.29 is 14.6 Å². The van der Waals surface area contributed by atoms with Crippen LogP contribution in [0.2, 0.25) is 0 Å². The minimum Gasteiger partial charge on any atom is -0.469 e. The van der Waals surface area contributed by atoms with E-state index >= 15 is 0 Å². The van der Waals surface area contributed by atoms with Gasteiger partial charge in [0.2, 0.25) is 0 Å². The highest BCUT2D eigenvalue weighted by molar-refractivity contribution is 5.71. The number of hydrogen-bond acceptors (Lipinski definition) is 3. The van der Waals surface area contributed by atoms with Crippen molar-refractivity contribution in [2.24, 2.45) is 0 Å². The van der Waals surface area contributed by atoms with Gasteiger partial charge in [-0.25, -0.2) is 0 Å². The maximum absolute atomic E-state index is 11.1. The van der Waals surface area contributed by atoms with Crippen LogP contribution in [-0.4, -0.2) is 18.2 Å². The standard InChI is InChI=1S/C12H12O3/c1-3-12(14,9-11(13)15-2)10-7-5-4-6-8-10/h1,4-8,14H,9H2,2H3/t12-/m1/s1. The third kappa shape index (κ3) is 2.58. The summed E-state index contributed by atoms with van der Waals surface area (Å²) in [5.74, 6) is 1.67. The summed E-state index contributed by atoms with van der Waals surface area (Å²) in [6.45, 7) is 0. The Labute approximate surface area is 88.7 Å². The number of aliphatic hydroxyl groups is 1. The molecular weight excluding hydrogens is 192 g/mol. The van der Waals surface area contributed by atoms with E-state index in [0.29, 0.717) is 5.56 Å². The summed E-state index contributed by atoms with van der Waals surface area (Å²) in [6, 6.07) is 8.63. The monoisotopic (exact) mass is 204 g/mol. The molecule has 0 unspecified atom stereocenters. The molecule has 0 radical (unpaired) electrons. The summed E-state index contributed by atoms with van der Waals surface area (Å²) in [6.07, 6.45) is 4.99. The molecule has 0 fully saturated rings. The van der Waals surface area contributed by atoms with E-state index in [2.05, 4.69) is 10.7 Å². The third-order valence-corrected chi connectivity index (χ3v) is 2.12. The largest absolute Gasteiger partial charge is 0.469 e. The zero-order chi connectivity index (χ0) is 11.3. The lowest BCUT2D eigenvalue weighted by Crippen LogP contribution is -2.27. The van der Waals surface area contributed by atoms with E-state index in [-0.39, 0.29) is 6.42 Å². The van der Waals surface area contributed by atoms with Crippen LogP contribution in [0, 0.1) is 12.3 Å². The minimum absolute atomic E-state index is 0.246. The second-order valence-corrected chi connectivity index (χ2v) is 3.12. The second kappa shape index (κ2) is 4.63. The van der Waals surface area contributed by atoms with Gasteiger partial charge in [0, 0.05) is 0 Å². The summed E-state index contributed by atoms with van der Waals surface area (Å²) in [4.78, 5) is 11.1. The quantitative estimate of drug-likeness (QED) is 0.591. The molecule has 1 rings (SSSR count). The van der Waals surface area contributed by atoms with E-state index in [1.54, 1.807) is 30.3 Å². The molecule has 1 N–H and O–H groups in total. The molecule has 15 heavy (non-hydrogen) atoms. The zero-order valence-electron chi connectivity index (χ0n) is 8.43. The highest BCUT2D eigenvalue weighted by Crippen LogP contribution is 2.24. The SMILES string of the molecule is C#C[C@@](O)(CC(=O)OC)c1ccccc1. The van der Waals surface area contributed by atoms with E-state index < -0.39 is 11.6 Å². The van der Waals surface area contributed by atoms with Crippen LogP contribution in [0.1, 0.15) is 12.0 Å².